The van der Waals surface area contributed by atoms with Crippen molar-refractivity contribution in [3.63, 3.8) is 0 Å². The zero-order valence-corrected chi connectivity index (χ0v) is 15.8. The molecule has 2 N–H and O–H groups in total. The summed E-state index contributed by atoms with van der Waals surface area (Å²) in [5.41, 5.74) is 0.101. The molecule has 0 aliphatic carbocycles. The molecule has 0 saturated carbocycles. The molecule has 2 unspecified atom stereocenters. The maximum absolute atomic E-state index is 12.4. The number of aliphatic hydroxyl groups excluding tert-OH is 1. The van der Waals surface area contributed by atoms with Gasteiger partial charge in [0, 0.05) is 18.0 Å². The standard InChI is InChI=1S/C20H29NO4/c1-6-13(2)21-11-14(22)12-24-16-8-7-9-17-15(16)10-18(25-17)19(23)20(3,4)5/h7-10,13-14,21-22H,6,11-12H2,1-5H3. The Morgan fingerprint density at radius 2 is 2.08 bits per heavy atom. The SMILES string of the molecule is CCC(C)NCC(O)COc1cccc2oc(C(=O)C(C)(C)C)cc12. The summed E-state index contributed by atoms with van der Waals surface area (Å²) in [4.78, 5) is 12.4. The molecule has 5 nitrogen and oxygen atoms in total. The lowest BCUT2D eigenvalue weighted by molar-refractivity contribution is 0.0831. The maximum atomic E-state index is 12.4. The fourth-order valence-corrected chi connectivity index (χ4v) is 2.37. The summed E-state index contributed by atoms with van der Waals surface area (Å²) >= 11 is 0. The molecular weight excluding hydrogens is 318 g/mol. The second-order valence-electron chi connectivity index (χ2n) is 7.54. The molecule has 0 spiro atoms. The summed E-state index contributed by atoms with van der Waals surface area (Å²) in [6.07, 6.45) is 0.402. The van der Waals surface area contributed by atoms with Crippen LogP contribution in [0.3, 0.4) is 0 Å². The third kappa shape index (κ3) is 5.06. The predicted molar refractivity (Wildman–Crippen MR) is 99.3 cm³/mol. The van der Waals surface area contributed by atoms with Crippen molar-refractivity contribution in [3.05, 3.63) is 30.0 Å². The van der Waals surface area contributed by atoms with E-state index in [1.54, 1.807) is 6.07 Å². The number of hydrogen-bond acceptors (Lipinski definition) is 5. The summed E-state index contributed by atoms with van der Waals surface area (Å²) in [5.74, 6) is 0.891. The number of furan rings is 1. The van der Waals surface area contributed by atoms with Gasteiger partial charge in [-0.1, -0.05) is 33.8 Å². The fourth-order valence-electron chi connectivity index (χ4n) is 2.37. The molecule has 0 aliphatic rings. The van der Waals surface area contributed by atoms with E-state index in [-0.39, 0.29) is 12.4 Å². The molecule has 1 aromatic carbocycles. The zero-order valence-electron chi connectivity index (χ0n) is 15.8. The quantitative estimate of drug-likeness (QED) is 0.711. The first-order chi connectivity index (χ1) is 11.7. The van der Waals surface area contributed by atoms with Gasteiger partial charge in [0.25, 0.3) is 0 Å². The van der Waals surface area contributed by atoms with E-state index in [4.69, 9.17) is 9.15 Å². The number of hydrogen-bond donors (Lipinski definition) is 2. The molecule has 0 aliphatic heterocycles. The second kappa shape index (κ2) is 8.02. The highest BCUT2D eigenvalue weighted by atomic mass is 16.5. The molecule has 25 heavy (non-hydrogen) atoms. The van der Waals surface area contributed by atoms with E-state index in [0.717, 1.165) is 11.8 Å². The molecule has 0 fully saturated rings. The molecule has 0 saturated heterocycles. The van der Waals surface area contributed by atoms with Crippen LogP contribution in [0.2, 0.25) is 0 Å². The highest BCUT2D eigenvalue weighted by Crippen LogP contribution is 2.31. The van der Waals surface area contributed by atoms with Crippen LogP contribution in [0.5, 0.6) is 5.75 Å². The molecule has 2 rings (SSSR count). The van der Waals surface area contributed by atoms with Gasteiger partial charge in [-0.05, 0) is 31.5 Å². The number of fused-ring (bicyclic) bond motifs is 1. The number of Topliss-reactive ketones (excluding diaryl/α,β-unsaturated/α-hetero) is 1. The van der Waals surface area contributed by atoms with Crippen LogP contribution < -0.4 is 10.1 Å². The van der Waals surface area contributed by atoms with E-state index in [9.17, 15) is 9.90 Å². The number of nitrogens with one attached hydrogen (secondary N) is 1. The number of carbonyl (C=O) groups excluding carboxylic acids is 1. The van der Waals surface area contributed by atoms with Crippen molar-refractivity contribution in [2.75, 3.05) is 13.2 Å². The molecule has 138 valence electrons. The first-order valence-corrected chi connectivity index (χ1v) is 8.84. The predicted octanol–water partition coefficient (Wildman–Crippen LogP) is 3.79. The third-order valence-electron chi connectivity index (χ3n) is 4.17. The minimum atomic E-state index is -0.605. The molecule has 1 heterocycles. The lowest BCUT2D eigenvalue weighted by Gasteiger charge is -2.16. The van der Waals surface area contributed by atoms with E-state index in [1.807, 2.05) is 39.0 Å². The zero-order chi connectivity index (χ0) is 18.6. The summed E-state index contributed by atoms with van der Waals surface area (Å²) in [6.45, 7) is 10.4. The van der Waals surface area contributed by atoms with Crippen molar-refractivity contribution < 1.29 is 19.1 Å². The maximum Gasteiger partial charge on any atom is 0.203 e. The fraction of sp³-hybridized carbons (Fsp3) is 0.550. The second-order valence-corrected chi connectivity index (χ2v) is 7.54. The lowest BCUT2D eigenvalue weighted by Crippen LogP contribution is -2.36. The summed E-state index contributed by atoms with van der Waals surface area (Å²) in [6, 6.07) is 7.52. The average Bonchev–Trinajstić information content (AvgIpc) is 3.00. The largest absolute Gasteiger partial charge is 0.490 e. The van der Waals surface area contributed by atoms with E-state index < -0.39 is 11.5 Å². The van der Waals surface area contributed by atoms with E-state index >= 15 is 0 Å². The van der Waals surface area contributed by atoms with Crippen LogP contribution in [-0.2, 0) is 0 Å². The molecule has 5 heteroatoms. The van der Waals surface area contributed by atoms with Crippen LogP contribution in [-0.4, -0.2) is 36.2 Å². The van der Waals surface area contributed by atoms with Gasteiger partial charge in [-0.15, -0.1) is 0 Å². The highest BCUT2D eigenvalue weighted by Gasteiger charge is 2.26. The summed E-state index contributed by atoms with van der Waals surface area (Å²) < 4.78 is 11.5. The average molecular weight is 347 g/mol. The minimum Gasteiger partial charge on any atom is -0.490 e. The topological polar surface area (TPSA) is 71.7 Å². The van der Waals surface area contributed by atoms with Crippen molar-refractivity contribution in [1.82, 2.24) is 5.32 Å². The Balaban J connectivity index is 2.09. The molecule has 1 aromatic heterocycles. The van der Waals surface area contributed by atoms with Gasteiger partial charge in [0.15, 0.2) is 5.76 Å². The Bertz CT molecular complexity index is 714. The van der Waals surface area contributed by atoms with Crippen molar-refractivity contribution in [2.24, 2.45) is 5.41 Å². The minimum absolute atomic E-state index is 0.0487. The monoisotopic (exact) mass is 347 g/mol. The van der Waals surface area contributed by atoms with Crippen LogP contribution in [0.25, 0.3) is 11.0 Å². The molecule has 2 aromatic rings. The van der Waals surface area contributed by atoms with Gasteiger partial charge >= 0.3 is 0 Å². The van der Waals surface area contributed by atoms with Crippen LogP contribution in [0.1, 0.15) is 51.6 Å². The number of ether oxygens (including phenoxy) is 1. The Morgan fingerprint density at radius 3 is 2.72 bits per heavy atom. The van der Waals surface area contributed by atoms with Crippen molar-refractivity contribution in [3.8, 4) is 5.75 Å². The van der Waals surface area contributed by atoms with Gasteiger partial charge in [0.05, 0.1) is 5.39 Å². The van der Waals surface area contributed by atoms with Crippen LogP contribution >= 0.6 is 0 Å². The number of rotatable bonds is 8. The van der Waals surface area contributed by atoms with E-state index in [2.05, 4.69) is 19.2 Å². The number of benzene rings is 1. The smallest absolute Gasteiger partial charge is 0.203 e. The Morgan fingerprint density at radius 1 is 1.36 bits per heavy atom. The number of aliphatic hydroxyl groups is 1. The van der Waals surface area contributed by atoms with Gasteiger partial charge in [-0.25, -0.2) is 0 Å². The first kappa shape index (κ1) is 19.5. The van der Waals surface area contributed by atoms with Crippen molar-refractivity contribution in [1.29, 1.82) is 0 Å². The van der Waals surface area contributed by atoms with Crippen LogP contribution in [0, 0.1) is 5.41 Å². The van der Waals surface area contributed by atoms with Gasteiger partial charge in [0.1, 0.15) is 24.0 Å². The van der Waals surface area contributed by atoms with Crippen molar-refractivity contribution >= 4 is 16.8 Å². The molecule has 0 amide bonds. The molecule has 2 atom stereocenters. The number of carbonyl (C=O) groups is 1. The van der Waals surface area contributed by atoms with Crippen molar-refractivity contribution in [2.45, 2.75) is 53.2 Å². The summed E-state index contributed by atoms with van der Waals surface area (Å²) in [7, 11) is 0. The van der Waals surface area contributed by atoms with Crippen LogP contribution in [0.4, 0.5) is 0 Å². The van der Waals surface area contributed by atoms with Gasteiger partial charge in [0.2, 0.25) is 5.78 Å². The number of ketones is 1. The lowest BCUT2D eigenvalue weighted by atomic mass is 9.89. The Labute approximate surface area is 149 Å². The Hall–Kier alpha value is -1.85. The van der Waals surface area contributed by atoms with Crippen LogP contribution in [0.15, 0.2) is 28.7 Å². The third-order valence-corrected chi connectivity index (χ3v) is 4.17. The van der Waals surface area contributed by atoms with E-state index in [1.165, 1.54) is 0 Å². The molecular formula is C20H29NO4. The van der Waals surface area contributed by atoms with Gasteiger partial charge in [-0.2, -0.15) is 0 Å². The van der Waals surface area contributed by atoms with Gasteiger partial charge in [-0.3, -0.25) is 4.79 Å². The highest BCUT2D eigenvalue weighted by molar-refractivity contribution is 6.01. The van der Waals surface area contributed by atoms with Gasteiger partial charge < -0.3 is 19.6 Å². The first-order valence-electron chi connectivity index (χ1n) is 8.84. The molecule has 0 bridgehead atoms. The normalized spacial score (nSPS) is 14.5. The Kier molecular flexibility index (Phi) is 6.25. The molecule has 0 radical (unpaired) electrons. The van der Waals surface area contributed by atoms with E-state index in [0.29, 0.717) is 29.7 Å². The summed E-state index contributed by atoms with van der Waals surface area (Å²) in [5, 5.41) is 14.1.